The Kier molecular flexibility index (Phi) is 6.82. The number of hydrogen-bond donors (Lipinski definition) is 0. The van der Waals surface area contributed by atoms with E-state index in [1.807, 2.05) is 49.0 Å². The molecule has 7 nitrogen and oxygen atoms in total. The molecule has 3 aromatic rings. The number of para-hydroxylation sites is 1. The van der Waals surface area contributed by atoms with Gasteiger partial charge in [0.15, 0.2) is 0 Å². The quantitative estimate of drug-likeness (QED) is 0.564. The van der Waals surface area contributed by atoms with Crippen molar-refractivity contribution in [2.75, 3.05) is 26.2 Å². The van der Waals surface area contributed by atoms with E-state index < -0.39 is 0 Å². The molecule has 1 saturated heterocycles. The van der Waals surface area contributed by atoms with Gasteiger partial charge in [-0.05, 0) is 50.6 Å². The first-order chi connectivity index (χ1) is 16.9. The lowest BCUT2D eigenvalue weighted by molar-refractivity contribution is -0.0704. The number of morpholine rings is 1. The van der Waals surface area contributed by atoms with Crippen LogP contribution < -0.4 is 10.3 Å². The molecule has 2 aliphatic rings. The van der Waals surface area contributed by atoms with Crippen LogP contribution in [-0.2, 0) is 31.4 Å². The molecule has 5 rings (SSSR count). The van der Waals surface area contributed by atoms with Gasteiger partial charge in [-0.2, -0.15) is 0 Å². The summed E-state index contributed by atoms with van der Waals surface area (Å²) in [5.41, 5.74) is 5.24. The topological polar surface area (TPSA) is 51.9 Å². The highest BCUT2D eigenvalue weighted by molar-refractivity contribution is 5.38. The van der Waals surface area contributed by atoms with Crippen LogP contribution in [0.4, 0.5) is 0 Å². The van der Waals surface area contributed by atoms with E-state index in [9.17, 15) is 4.79 Å². The van der Waals surface area contributed by atoms with Gasteiger partial charge in [-0.1, -0.05) is 24.3 Å². The minimum atomic E-state index is 0.0471. The molecule has 2 aromatic carbocycles. The van der Waals surface area contributed by atoms with Gasteiger partial charge >= 0.3 is 0 Å². The van der Waals surface area contributed by atoms with Crippen LogP contribution in [0.2, 0.25) is 0 Å². The summed E-state index contributed by atoms with van der Waals surface area (Å²) in [6.45, 7) is 11.9. The second-order valence-electron chi connectivity index (χ2n) is 9.99. The number of hydrogen-bond acceptors (Lipinski definition) is 5. The summed E-state index contributed by atoms with van der Waals surface area (Å²) in [4.78, 5) is 18.2. The average Bonchev–Trinajstić information content (AvgIpc) is 2.95. The van der Waals surface area contributed by atoms with E-state index in [0.717, 1.165) is 55.4 Å². The fraction of sp³-hybridized carbons (Fsp3) is 0.464. The van der Waals surface area contributed by atoms with E-state index in [2.05, 4.69) is 41.8 Å². The molecule has 0 N–H and O–H groups in total. The summed E-state index contributed by atoms with van der Waals surface area (Å²) < 4.78 is 15.7. The van der Waals surface area contributed by atoms with Crippen molar-refractivity contribution in [3.05, 3.63) is 81.3 Å². The van der Waals surface area contributed by atoms with Crippen molar-refractivity contribution in [2.45, 2.75) is 52.6 Å². The van der Waals surface area contributed by atoms with Gasteiger partial charge in [0.2, 0.25) is 0 Å². The lowest BCUT2D eigenvalue weighted by Gasteiger charge is -2.35. The molecular formula is C28H36N4O3. The lowest BCUT2D eigenvalue weighted by atomic mass is 10.1. The molecule has 3 heterocycles. The Labute approximate surface area is 207 Å². The van der Waals surface area contributed by atoms with Crippen LogP contribution in [-0.4, -0.2) is 57.6 Å². The molecule has 186 valence electrons. The molecule has 7 heteroatoms. The molecule has 2 aliphatic heterocycles. The van der Waals surface area contributed by atoms with Crippen LogP contribution in [0.5, 0.6) is 5.75 Å². The van der Waals surface area contributed by atoms with Crippen molar-refractivity contribution >= 4 is 0 Å². The predicted octanol–water partition coefficient (Wildman–Crippen LogP) is 3.49. The molecule has 35 heavy (non-hydrogen) atoms. The first-order valence-electron chi connectivity index (χ1n) is 12.6. The zero-order valence-electron chi connectivity index (χ0n) is 21.2. The second-order valence-corrected chi connectivity index (χ2v) is 9.99. The Hall–Kier alpha value is -2.87. The zero-order chi connectivity index (χ0) is 24.5. The number of ether oxygens (including phenoxy) is 2. The molecule has 2 atom stereocenters. The first-order valence-corrected chi connectivity index (χ1v) is 12.6. The van der Waals surface area contributed by atoms with Gasteiger partial charge < -0.3 is 9.47 Å². The third kappa shape index (κ3) is 5.08. The monoisotopic (exact) mass is 476 g/mol. The predicted molar refractivity (Wildman–Crippen MR) is 137 cm³/mol. The Bertz CT molecular complexity index is 1220. The first kappa shape index (κ1) is 23.9. The smallest absolute Gasteiger partial charge is 0.276 e. The minimum Gasteiger partial charge on any atom is -0.492 e. The lowest BCUT2D eigenvalue weighted by Crippen LogP contribution is -2.44. The van der Waals surface area contributed by atoms with Crippen molar-refractivity contribution < 1.29 is 9.47 Å². The van der Waals surface area contributed by atoms with Gasteiger partial charge in [0.1, 0.15) is 12.4 Å². The second kappa shape index (κ2) is 10.0. The third-order valence-corrected chi connectivity index (χ3v) is 7.14. The summed E-state index contributed by atoms with van der Waals surface area (Å²) in [7, 11) is 1.95. The highest BCUT2D eigenvalue weighted by Crippen LogP contribution is 2.26. The number of benzene rings is 2. The van der Waals surface area contributed by atoms with Crippen LogP contribution in [0, 0.1) is 6.92 Å². The number of rotatable bonds is 5. The summed E-state index contributed by atoms with van der Waals surface area (Å²) in [5, 5.41) is 0. The number of aromatic nitrogens is 2. The third-order valence-electron chi connectivity index (χ3n) is 7.14. The zero-order valence-corrected chi connectivity index (χ0v) is 21.2. The SMILES string of the molecule is Cc1c(CN2CCOc3ccc(CN4C[C@@H](C)O[C@@H](C)C4)cc3C2)c(=O)n(-c2ccccc2)n1C. The van der Waals surface area contributed by atoms with E-state index >= 15 is 0 Å². The van der Waals surface area contributed by atoms with Crippen LogP contribution in [0.15, 0.2) is 53.3 Å². The van der Waals surface area contributed by atoms with Crippen molar-refractivity contribution in [1.29, 1.82) is 0 Å². The molecule has 0 saturated carbocycles. The Morgan fingerprint density at radius 2 is 1.71 bits per heavy atom. The van der Waals surface area contributed by atoms with Crippen molar-refractivity contribution in [1.82, 2.24) is 19.2 Å². The molecule has 0 amide bonds. The maximum atomic E-state index is 13.4. The van der Waals surface area contributed by atoms with Gasteiger partial charge in [-0.25, -0.2) is 4.68 Å². The molecule has 0 spiro atoms. The average molecular weight is 477 g/mol. The molecule has 0 radical (unpaired) electrons. The Balaban J connectivity index is 1.35. The Morgan fingerprint density at radius 3 is 2.46 bits per heavy atom. The summed E-state index contributed by atoms with van der Waals surface area (Å²) in [6, 6.07) is 16.4. The van der Waals surface area contributed by atoms with Crippen molar-refractivity contribution in [2.24, 2.45) is 7.05 Å². The standard InChI is InChI=1S/C28H36N4O3/c1-20-15-31(16-21(2)35-20)17-23-10-11-27-24(14-23)18-30(12-13-34-27)19-26-22(3)29(4)32(28(26)33)25-8-6-5-7-9-25/h5-11,14,20-21H,12-13,15-19H2,1-4H3/t20-,21+. The van der Waals surface area contributed by atoms with Crippen LogP contribution in [0.25, 0.3) is 5.69 Å². The summed E-state index contributed by atoms with van der Waals surface area (Å²) >= 11 is 0. The van der Waals surface area contributed by atoms with Gasteiger partial charge in [-0.15, -0.1) is 0 Å². The normalized spacial score (nSPS) is 21.4. The van der Waals surface area contributed by atoms with Gasteiger partial charge in [0.05, 0.1) is 23.5 Å². The fourth-order valence-corrected chi connectivity index (χ4v) is 5.44. The molecule has 1 aromatic heterocycles. The van der Waals surface area contributed by atoms with Crippen molar-refractivity contribution in [3.8, 4) is 11.4 Å². The maximum absolute atomic E-state index is 13.4. The number of fused-ring (bicyclic) bond motifs is 1. The Morgan fingerprint density at radius 1 is 0.971 bits per heavy atom. The van der Waals surface area contributed by atoms with Gasteiger partial charge in [0, 0.05) is 57.6 Å². The fourth-order valence-electron chi connectivity index (χ4n) is 5.44. The van der Waals surface area contributed by atoms with E-state index in [-0.39, 0.29) is 17.8 Å². The van der Waals surface area contributed by atoms with Gasteiger partial charge in [-0.3, -0.25) is 19.3 Å². The molecule has 1 fully saturated rings. The van der Waals surface area contributed by atoms with Crippen LogP contribution in [0.3, 0.4) is 0 Å². The summed E-state index contributed by atoms with van der Waals surface area (Å²) in [6.07, 6.45) is 0.514. The largest absolute Gasteiger partial charge is 0.492 e. The highest BCUT2D eigenvalue weighted by Gasteiger charge is 2.24. The van der Waals surface area contributed by atoms with Crippen LogP contribution >= 0.6 is 0 Å². The molecule has 0 aliphatic carbocycles. The maximum Gasteiger partial charge on any atom is 0.276 e. The van der Waals surface area contributed by atoms with E-state index in [0.29, 0.717) is 13.2 Å². The van der Waals surface area contributed by atoms with Gasteiger partial charge in [0.25, 0.3) is 5.56 Å². The molecular weight excluding hydrogens is 440 g/mol. The van der Waals surface area contributed by atoms with Crippen molar-refractivity contribution in [3.63, 3.8) is 0 Å². The van der Waals surface area contributed by atoms with E-state index in [4.69, 9.17) is 9.47 Å². The highest BCUT2D eigenvalue weighted by atomic mass is 16.5. The molecule has 0 unspecified atom stereocenters. The van der Waals surface area contributed by atoms with Crippen LogP contribution in [0.1, 0.15) is 36.2 Å². The number of nitrogens with zero attached hydrogens (tertiary/aromatic N) is 4. The van der Waals surface area contributed by atoms with E-state index in [1.165, 1.54) is 11.1 Å². The molecule has 0 bridgehead atoms. The summed E-state index contributed by atoms with van der Waals surface area (Å²) in [5.74, 6) is 0.950. The van der Waals surface area contributed by atoms with E-state index in [1.54, 1.807) is 4.68 Å². The minimum absolute atomic E-state index is 0.0471.